The van der Waals surface area contributed by atoms with Crippen molar-refractivity contribution in [2.24, 2.45) is 0 Å². The van der Waals surface area contributed by atoms with Gasteiger partial charge in [-0.15, -0.1) is 0 Å². The summed E-state index contributed by atoms with van der Waals surface area (Å²) < 4.78 is 0.721. The normalized spacial score (nSPS) is 12.2. The molecule has 1 amide bonds. The van der Waals surface area contributed by atoms with Crippen LogP contribution in [-0.2, 0) is 0 Å². The van der Waals surface area contributed by atoms with Gasteiger partial charge < -0.3 is 16.0 Å². The molecule has 4 nitrogen and oxygen atoms in total. The Hall–Kier alpha value is -0.0900. The Balaban J connectivity index is 2.13. The van der Waals surface area contributed by atoms with Crippen LogP contribution in [0.3, 0.4) is 0 Å². The molecule has 0 radical (unpaired) electrons. The van der Waals surface area contributed by atoms with E-state index in [-0.39, 0.29) is 5.11 Å². The molecule has 0 spiro atoms. The molecule has 0 unspecified atom stereocenters. The molecule has 0 bridgehead atoms. The highest BCUT2D eigenvalue weighted by atomic mass is 79.9. The monoisotopic (exact) mass is 649 g/mol. The Bertz CT molecular complexity index is 868. The van der Waals surface area contributed by atoms with Crippen molar-refractivity contribution in [1.29, 1.82) is 0 Å². The molecule has 0 aromatic heterocycles. The van der Waals surface area contributed by atoms with Gasteiger partial charge in [0.1, 0.15) is 6.17 Å². The molecule has 0 aliphatic carbocycles. The third-order valence-electron chi connectivity index (χ3n) is 3.48. The first-order valence-electron chi connectivity index (χ1n) is 7.63. The van der Waals surface area contributed by atoms with Crippen LogP contribution in [0.15, 0.2) is 49.8 Å². The maximum Gasteiger partial charge on any atom is 0.252 e. The summed E-state index contributed by atoms with van der Waals surface area (Å²) in [7, 11) is 0. The lowest BCUT2D eigenvalue weighted by Gasteiger charge is -2.28. The Labute approximate surface area is 208 Å². The molecular weight excluding hydrogens is 640 g/mol. The summed E-state index contributed by atoms with van der Waals surface area (Å²) in [4.78, 5) is 12.5. The second-order valence-electron chi connectivity index (χ2n) is 5.63. The van der Waals surface area contributed by atoms with E-state index in [4.69, 9.17) is 47.0 Å². The van der Waals surface area contributed by atoms with E-state index in [2.05, 4.69) is 63.7 Å². The number of halogens is 6. The van der Waals surface area contributed by atoms with Crippen molar-refractivity contribution in [3.8, 4) is 0 Å². The molecule has 3 N–H and O–H groups in total. The number of nitrogens with one attached hydrogen (secondary N) is 3. The first-order chi connectivity index (χ1) is 13.0. The van der Waals surface area contributed by atoms with Crippen LogP contribution in [0, 0.1) is 6.92 Å². The second kappa shape index (κ2) is 10.3. The average molecular weight is 653 g/mol. The van der Waals surface area contributed by atoms with Gasteiger partial charge in [0, 0.05) is 19.0 Å². The van der Waals surface area contributed by atoms with Crippen molar-refractivity contribution in [1.82, 2.24) is 10.6 Å². The summed E-state index contributed by atoms with van der Waals surface area (Å²) in [6.07, 6.45) is -1.07. The van der Waals surface area contributed by atoms with E-state index in [0.717, 1.165) is 24.7 Å². The predicted octanol–water partition coefficient (Wildman–Crippen LogP) is 6.70. The first-order valence-corrected chi connectivity index (χ1v) is 11.6. The number of amides is 1. The zero-order chi connectivity index (χ0) is 21.1. The Morgan fingerprint density at radius 2 is 1.64 bits per heavy atom. The zero-order valence-electron chi connectivity index (χ0n) is 14.1. The number of anilines is 1. The van der Waals surface area contributed by atoms with Gasteiger partial charge in [-0.1, -0.05) is 66.7 Å². The second-order valence-corrected chi connectivity index (χ2v) is 11.1. The van der Waals surface area contributed by atoms with Gasteiger partial charge in [0.2, 0.25) is 3.79 Å². The topological polar surface area (TPSA) is 53.2 Å². The fourth-order valence-electron chi connectivity index (χ4n) is 2.16. The number of hydrogen-bond donors (Lipinski definition) is 3. The van der Waals surface area contributed by atoms with Crippen molar-refractivity contribution >= 4 is 112 Å². The van der Waals surface area contributed by atoms with Gasteiger partial charge in [-0.25, -0.2) is 0 Å². The minimum Gasteiger partial charge on any atom is -0.339 e. The van der Waals surface area contributed by atoms with Crippen molar-refractivity contribution in [2.45, 2.75) is 16.9 Å². The van der Waals surface area contributed by atoms with Gasteiger partial charge in [0.15, 0.2) is 5.11 Å². The highest BCUT2D eigenvalue weighted by Gasteiger charge is 2.35. The lowest BCUT2D eigenvalue weighted by molar-refractivity contribution is 0.0934. The molecule has 2 rings (SSSR count). The highest BCUT2D eigenvalue weighted by Crippen LogP contribution is 2.31. The van der Waals surface area contributed by atoms with E-state index in [1.165, 1.54) is 0 Å². The molecule has 1 atom stereocenters. The quantitative estimate of drug-likeness (QED) is 0.196. The van der Waals surface area contributed by atoms with Crippen molar-refractivity contribution in [2.75, 3.05) is 5.32 Å². The van der Waals surface area contributed by atoms with Gasteiger partial charge in [0.25, 0.3) is 5.91 Å². The molecule has 2 aromatic carbocycles. The maximum absolute atomic E-state index is 12.5. The van der Waals surface area contributed by atoms with Crippen LogP contribution < -0.4 is 16.0 Å². The minimum atomic E-state index is -1.84. The molecule has 0 saturated carbocycles. The van der Waals surface area contributed by atoms with Crippen LogP contribution in [0.2, 0.25) is 0 Å². The van der Waals surface area contributed by atoms with E-state index < -0.39 is 15.9 Å². The van der Waals surface area contributed by atoms with Crippen LogP contribution in [-0.4, -0.2) is 21.0 Å². The number of carbonyl (C=O) groups is 1. The van der Waals surface area contributed by atoms with Gasteiger partial charge in [-0.3, -0.25) is 4.79 Å². The van der Waals surface area contributed by atoms with Crippen LogP contribution in [0.4, 0.5) is 5.69 Å². The molecular formula is C17H13Br3Cl3N3OS. The summed E-state index contributed by atoms with van der Waals surface area (Å²) >= 11 is 33.6. The number of benzene rings is 2. The summed E-state index contributed by atoms with van der Waals surface area (Å²) in [5.41, 5.74) is 2.10. The third-order valence-corrected chi connectivity index (χ3v) is 5.96. The standard InChI is InChI=1S/C17H13Br3Cl3N3OS/c1-8-6-11(19)7-12(20)13(8)24-16(28)26-15(17(21,22)23)25-14(27)9-2-4-10(18)5-3-9/h2-7,15H,1H3,(H,25,27)(H2,24,26,28)/t15-/m0/s1. The largest absolute Gasteiger partial charge is 0.339 e. The van der Waals surface area contributed by atoms with E-state index >= 15 is 0 Å². The lowest BCUT2D eigenvalue weighted by atomic mass is 10.2. The summed E-state index contributed by atoms with van der Waals surface area (Å²) in [5, 5.41) is 8.70. The fourth-order valence-corrected chi connectivity index (χ4v) is 4.51. The number of hydrogen-bond acceptors (Lipinski definition) is 2. The number of alkyl halides is 3. The first kappa shape index (κ1) is 24.2. The van der Waals surface area contributed by atoms with Crippen molar-refractivity contribution in [3.05, 3.63) is 60.9 Å². The molecule has 2 aromatic rings. The number of carbonyl (C=O) groups excluding carboxylic acids is 1. The van der Waals surface area contributed by atoms with Gasteiger partial charge in [0.05, 0.1) is 5.69 Å². The molecule has 0 aliphatic heterocycles. The number of aryl methyl sites for hydroxylation is 1. The van der Waals surface area contributed by atoms with Gasteiger partial charge >= 0.3 is 0 Å². The van der Waals surface area contributed by atoms with Crippen LogP contribution in [0.5, 0.6) is 0 Å². The Morgan fingerprint density at radius 1 is 1.04 bits per heavy atom. The van der Waals surface area contributed by atoms with Crippen LogP contribution in [0.25, 0.3) is 0 Å². The maximum atomic E-state index is 12.5. The van der Waals surface area contributed by atoms with E-state index in [0.29, 0.717) is 5.56 Å². The van der Waals surface area contributed by atoms with Crippen LogP contribution in [0.1, 0.15) is 15.9 Å². The Morgan fingerprint density at radius 3 is 2.18 bits per heavy atom. The number of rotatable bonds is 4. The fraction of sp³-hybridized carbons (Fsp3) is 0.176. The molecule has 0 fully saturated rings. The van der Waals surface area contributed by atoms with Gasteiger partial charge in [-0.05, 0) is 77.0 Å². The lowest BCUT2D eigenvalue weighted by Crippen LogP contribution is -2.56. The average Bonchev–Trinajstić information content (AvgIpc) is 2.57. The predicted molar refractivity (Wildman–Crippen MR) is 132 cm³/mol. The summed E-state index contributed by atoms with van der Waals surface area (Å²) in [5.74, 6) is -0.417. The summed E-state index contributed by atoms with van der Waals surface area (Å²) in [6.45, 7) is 1.92. The smallest absolute Gasteiger partial charge is 0.252 e. The van der Waals surface area contributed by atoms with E-state index in [1.807, 2.05) is 19.1 Å². The van der Waals surface area contributed by atoms with E-state index in [9.17, 15) is 4.79 Å². The molecule has 11 heteroatoms. The molecule has 0 aliphatic rings. The minimum absolute atomic E-state index is 0.179. The molecule has 150 valence electrons. The SMILES string of the molecule is Cc1cc(Br)cc(Br)c1NC(=S)N[C@H](NC(=O)c1ccc(Br)cc1)C(Cl)(Cl)Cl. The van der Waals surface area contributed by atoms with Gasteiger partial charge in [-0.2, -0.15) is 0 Å². The summed E-state index contributed by atoms with van der Waals surface area (Å²) in [6, 6.07) is 10.6. The zero-order valence-corrected chi connectivity index (χ0v) is 22.0. The molecule has 0 saturated heterocycles. The van der Waals surface area contributed by atoms with Crippen molar-refractivity contribution in [3.63, 3.8) is 0 Å². The third kappa shape index (κ3) is 7.00. The van der Waals surface area contributed by atoms with Crippen molar-refractivity contribution < 1.29 is 4.79 Å². The van der Waals surface area contributed by atoms with Crippen LogP contribution >= 0.6 is 94.8 Å². The molecule has 0 heterocycles. The highest BCUT2D eigenvalue weighted by molar-refractivity contribution is 9.11. The number of thiocarbonyl (C=S) groups is 1. The Kier molecular flexibility index (Phi) is 8.88. The molecule has 28 heavy (non-hydrogen) atoms. The van der Waals surface area contributed by atoms with E-state index in [1.54, 1.807) is 24.3 Å².